The van der Waals surface area contributed by atoms with Crippen LogP contribution in [0.25, 0.3) is 11.1 Å². The summed E-state index contributed by atoms with van der Waals surface area (Å²) >= 11 is 11.4. The number of nitrogens with zero attached hydrogens (tertiary/aromatic N) is 1. The first-order chi connectivity index (χ1) is 9.15. The van der Waals surface area contributed by atoms with Gasteiger partial charge in [0.25, 0.3) is 5.69 Å². The van der Waals surface area contributed by atoms with Crippen molar-refractivity contribution >= 4 is 28.9 Å². The van der Waals surface area contributed by atoms with Crippen LogP contribution in [0.2, 0.25) is 0 Å². The van der Waals surface area contributed by atoms with Gasteiger partial charge in [0.2, 0.25) is 0 Å². The van der Waals surface area contributed by atoms with Crippen molar-refractivity contribution in [3.63, 3.8) is 0 Å². The fourth-order valence-electron chi connectivity index (χ4n) is 1.83. The summed E-state index contributed by atoms with van der Waals surface area (Å²) in [5.74, 6) is 0.680. The second-order valence-electron chi connectivity index (χ2n) is 4.07. The van der Waals surface area contributed by atoms with Crippen molar-refractivity contribution in [1.82, 2.24) is 0 Å². The Kier molecular flexibility index (Phi) is 4.40. The molecule has 2 rings (SSSR count). The molecule has 0 N–H and O–H groups in total. The Hall–Kier alpha value is -1.58. The topological polar surface area (TPSA) is 43.1 Å². The van der Waals surface area contributed by atoms with Gasteiger partial charge in [-0.25, -0.2) is 0 Å². The summed E-state index contributed by atoms with van der Waals surface area (Å²) in [6.07, 6.45) is 0. The van der Waals surface area contributed by atoms with Gasteiger partial charge in [0.05, 0.1) is 10.5 Å². The summed E-state index contributed by atoms with van der Waals surface area (Å²) < 4.78 is 0. The largest absolute Gasteiger partial charge is 0.277 e. The monoisotopic (exact) mass is 295 g/mol. The molecule has 0 fully saturated rings. The summed E-state index contributed by atoms with van der Waals surface area (Å²) in [5, 5.41) is 11.1. The fourth-order valence-corrected chi connectivity index (χ4v) is 2.17. The second-order valence-corrected chi connectivity index (χ2v) is 4.61. The van der Waals surface area contributed by atoms with Gasteiger partial charge in [0.1, 0.15) is 0 Å². The van der Waals surface area contributed by atoms with Gasteiger partial charge in [-0.2, -0.15) is 0 Å². The highest BCUT2D eigenvalue weighted by Crippen LogP contribution is 2.31. The second kappa shape index (κ2) is 6.04. The molecule has 0 saturated heterocycles. The summed E-state index contributed by atoms with van der Waals surface area (Å²) in [6.45, 7) is 0. The Morgan fingerprint density at radius 1 is 0.947 bits per heavy atom. The van der Waals surface area contributed by atoms with E-state index in [0.717, 1.165) is 16.7 Å². The van der Waals surface area contributed by atoms with Crippen molar-refractivity contribution in [2.45, 2.75) is 11.8 Å². The SMILES string of the molecule is O=[N+]([O-])c1cc(CCl)ccc1-c1ccc(CCl)cc1. The molecule has 3 nitrogen and oxygen atoms in total. The molecule has 0 spiro atoms. The number of hydrogen-bond donors (Lipinski definition) is 0. The lowest BCUT2D eigenvalue weighted by Crippen LogP contribution is -1.94. The first-order valence-corrected chi connectivity index (χ1v) is 6.71. The number of rotatable bonds is 4. The van der Waals surface area contributed by atoms with E-state index >= 15 is 0 Å². The van der Waals surface area contributed by atoms with E-state index in [0.29, 0.717) is 11.4 Å². The van der Waals surface area contributed by atoms with Crippen LogP contribution in [0, 0.1) is 10.1 Å². The van der Waals surface area contributed by atoms with Crippen molar-refractivity contribution in [1.29, 1.82) is 0 Å². The highest BCUT2D eigenvalue weighted by molar-refractivity contribution is 6.17. The van der Waals surface area contributed by atoms with Crippen LogP contribution in [0.3, 0.4) is 0 Å². The van der Waals surface area contributed by atoms with Crippen LogP contribution in [0.1, 0.15) is 11.1 Å². The summed E-state index contributed by atoms with van der Waals surface area (Å²) in [5.41, 5.74) is 3.15. The van der Waals surface area contributed by atoms with Crippen LogP contribution in [0.15, 0.2) is 42.5 Å². The molecule has 19 heavy (non-hydrogen) atoms. The molecule has 2 aromatic carbocycles. The van der Waals surface area contributed by atoms with E-state index in [1.807, 2.05) is 24.3 Å². The van der Waals surface area contributed by atoms with Gasteiger partial charge in [0, 0.05) is 17.8 Å². The Balaban J connectivity index is 2.50. The molecule has 0 heterocycles. The highest BCUT2D eigenvalue weighted by atomic mass is 35.5. The van der Waals surface area contributed by atoms with Crippen LogP contribution >= 0.6 is 23.2 Å². The lowest BCUT2D eigenvalue weighted by atomic mass is 10.0. The number of halogens is 2. The molecule has 0 unspecified atom stereocenters. The van der Waals surface area contributed by atoms with E-state index in [1.165, 1.54) is 6.07 Å². The number of alkyl halides is 2. The van der Waals surface area contributed by atoms with E-state index in [2.05, 4.69) is 0 Å². The van der Waals surface area contributed by atoms with Crippen molar-refractivity contribution in [2.24, 2.45) is 0 Å². The number of nitro benzene ring substituents is 1. The van der Waals surface area contributed by atoms with Crippen molar-refractivity contribution < 1.29 is 4.92 Å². The summed E-state index contributed by atoms with van der Waals surface area (Å²) in [6, 6.07) is 12.4. The zero-order valence-electron chi connectivity index (χ0n) is 9.98. The molecule has 0 atom stereocenters. The smallest absolute Gasteiger partial charge is 0.258 e. The van der Waals surface area contributed by atoms with Crippen LogP contribution in [-0.4, -0.2) is 4.92 Å². The summed E-state index contributed by atoms with van der Waals surface area (Å²) in [4.78, 5) is 10.7. The van der Waals surface area contributed by atoms with Crippen molar-refractivity contribution in [3.05, 3.63) is 63.7 Å². The standard InChI is InChI=1S/C14H11Cl2NO2/c15-8-10-1-4-12(5-2-10)13-6-3-11(9-16)7-14(13)17(18)19/h1-7H,8-9H2. The van der Waals surface area contributed by atoms with Gasteiger partial charge in [-0.3, -0.25) is 10.1 Å². The zero-order valence-corrected chi connectivity index (χ0v) is 11.5. The molecule has 0 radical (unpaired) electrons. The zero-order chi connectivity index (χ0) is 13.8. The molecule has 0 aliphatic rings. The molecule has 5 heteroatoms. The Morgan fingerprint density at radius 2 is 1.53 bits per heavy atom. The van der Waals surface area contributed by atoms with E-state index in [1.54, 1.807) is 12.1 Å². The molecule has 0 aromatic heterocycles. The minimum Gasteiger partial charge on any atom is -0.258 e. The number of nitro groups is 1. The molecule has 0 saturated carbocycles. The minimum atomic E-state index is -0.388. The molecule has 0 bridgehead atoms. The van der Waals surface area contributed by atoms with Gasteiger partial charge in [0.15, 0.2) is 0 Å². The first-order valence-electron chi connectivity index (χ1n) is 5.64. The Labute approximate surface area is 120 Å². The maximum atomic E-state index is 11.1. The lowest BCUT2D eigenvalue weighted by molar-refractivity contribution is -0.384. The third-order valence-electron chi connectivity index (χ3n) is 2.83. The van der Waals surface area contributed by atoms with Gasteiger partial charge in [-0.1, -0.05) is 30.3 Å². The van der Waals surface area contributed by atoms with Crippen LogP contribution < -0.4 is 0 Å². The third-order valence-corrected chi connectivity index (χ3v) is 3.45. The third kappa shape index (κ3) is 3.06. The first kappa shape index (κ1) is 13.8. The average molecular weight is 296 g/mol. The van der Waals surface area contributed by atoms with E-state index in [-0.39, 0.29) is 16.5 Å². The normalized spacial score (nSPS) is 10.4. The Bertz CT molecular complexity index is 597. The van der Waals surface area contributed by atoms with E-state index in [4.69, 9.17) is 23.2 Å². The maximum absolute atomic E-state index is 11.1. The van der Waals surface area contributed by atoms with E-state index < -0.39 is 0 Å². The number of hydrogen-bond acceptors (Lipinski definition) is 2. The van der Waals surface area contributed by atoms with Crippen molar-refractivity contribution in [3.8, 4) is 11.1 Å². The molecular formula is C14H11Cl2NO2. The predicted molar refractivity (Wildman–Crippen MR) is 77.6 cm³/mol. The average Bonchev–Trinajstić information content (AvgIpc) is 2.46. The van der Waals surface area contributed by atoms with E-state index in [9.17, 15) is 10.1 Å². The highest BCUT2D eigenvalue weighted by Gasteiger charge is 2.15. The quantitative estimate of drug-likeness (QED) is 0.464. The molecule has 98 valence electrons. The minimum absolute atomic E-state index is 0.0665. The van der Waals surface area contributed by atoms with Crippen LogP contribution in [-0.2, 0) is 11.8 Å². The predicted octanol–water partition coefficient (Wildman–Crippen LogP) is 4.74. The number of benzene rings is 2. The van der Waals surface area contributed by atoms with Gasteiger partial charge < -0.3 is 0 Å². The fraction of sp³-hybridized carbons (Fsp3) is 0.143. The molecule has 2 aromatic rings. The van der Waals surface area contributed by atoms with Gasteiger partial charge in [-0.05, 0) is 22.8 Å². The summed E-state index contributed by atoms with van der Waals surface area (Å²) in [7, 11) is 0. The van der Waals surface area contributed by atoms with Gasteiger partial charge in [-0.15, -0.1) is 23.2 Å². The van der Waals surface area contributed by atoms with Crippen molar-refractivity contribution in [2.75, 3.05) is 0 Å². The molecule has 0 amide bonds. The maximum Gasteiger partial charge on any atom is 0.277 e. The molecule has 0 aliphatic heterocycles. The molecular weight excluding hydrogens is 285 g/mol. The molecule has 0 aliphatic carbocycles. The van der Waals surface area contributed by atoms with Crippen LogP contribution in [0.4, 0.5) is 5.69 Å². The van der Waals surface area contributed by atoms with Crippen LogP contribution in [0.5, 0.6) is 0 Å². The van der Waals surface area contributed by atoms with Gasteiger partial charge >= 0.3 is 0 Å². The lowest BCUT2D eigenvalue weighted by Gasteiger charge is -2.05. The Morgan fingerprint density at radius 3 is 2.05 bits per heavy atom.